The zero-order valence-corrected chi connectivity index (χ0v) is 13.6. The molecule has 2 rings (SSSR count). The lowest BCUT2D eigenvalue weighted by Crippen LogP contribution is -2.33. The van der Waals surface area contributed by atoms with Gasteiger partial charge in [0.05, 0.1) is 0 Å². The Bertz CT molecular complexity index is 560. The molecule has 0 bridgehead atoms. The first-order valence-electron chi connectivity index (χ1n) is 7.69. The van der Waals surface area contributed by atoms with E-state index in [0.717, 1.165) is 13.1 Å². The highest BCUT2D eigenvalue weighted by molar-refractivity contribution is 5.48. The van der Waals surface area contributed by atoms with Gasteiger partial charge in [-0.1, -0.05) is 42.0 Å². The van der Waals surface area contributed by atoms with Crippen LogP contribution in [0.25, 0.3) is 0 Å². The van der Waals surface area contributed by atoms with Crippen molar-refractivity contribution in [3.05, 3.63) is 65.2 Å². The first-order chi connectivity index (χ1) is 10.1. The molecule has 0 heterocycles. The highest BCUT2D eigenvalue weighted by atomic mass is 15.1. The second-order valence-corrected chi connectivity index (χ2v) is 5.63. The fourth-order valence-electron chi connectivity index (χ4n) is 2.62. The number of rotatable bonds is 6. The number of likely N-dealkylation sites (N-methyl/N-ethyl adjacent to an activating group) is 2. The maximum Gasteiger partial charge on any atom is 0.0495 e. The third-order valence-corrected chi connectivity index (χ3v) is 3.98. The van der Waals surface area contributed by atoms with E-state index in [1.807, 2.05) is 7.05 Å². The van der Waals surface area contributed by atoms with E-state index < -0.39 is 0 Å². The summed E-state index contributed by atoms with van der Waals surface area (Å²) in [7, 11) is 2.04. The van der Waals surface area contributed by atoms with Crippen LogP contribution < -0.4 is 10.2 Å². The van der Waals surface area contributed by atoms with E-state index in [0.29, 0.717) is 6.04 Å². The zero-order valence-electron chi connectivity index (χ0n) is 13.6. The summed E-state index contributed by atoms with van der Waals surface area (Å²) in [5.41, 5.74) is 5.25. The maximum absolute atomic E-state index is 3.45. The molecule has 0 fully saturated rings. The quantitative estimate of drug-likeness (QED) is 0.858. The van der Waals surface area contributed by atoms with Crippen LogP contribution in [0.15, 0.2) is 48.5 Å². The molecule has 2 aromatic carbocycles. The molecule has 0 saturated carbocycles. The summed E-state index contributed by atoms with van der Waals surface area (Å²) in [6.07, 6.45) is 0. The maximum atomic E-state index is 3.45. The van der Waals surface area contributed by atoms with Gasteiger partial charge in [0, 0.05) is 24.8 Å². The average molecular weight is 282 g/mol. The number of benzene rings is 2. The molecule has 0 amide bonds. The van der Waals surface area contributed by atoms with E-state index in [1.165, 1.54) is 22.4 Å². The summed E-state index contributed by atoms with van der Waals surface area (Å²) in [6, 6.07) is 17.9. The smallest absolute Gasteiger partial charge is 0.0495 e. The molecule has 0 aliphatic rings. The predicted molar refractivity (Wildman–Crippen MR) is 92.0 cm³/mol. The summed E-state index contributed by atoms with van der Waals surface area (Å²) in [5.74, 6) is 0. The number of aryl methyl sites for hydroxylation is 2. The zero-order chi connectivity index (χ0) is 15.2. The Labute approximate surface area is 128 Å². The molecule has 2 heteroatoms. The number of nitrogens with one attached hydrogen (secondary N) is 1. The molecular weight excluding hydrogens is 256 g/mol. The van der Waals surface area contributed by atoms with Crippen molar-refractivity contribution in [3.8, 4) is 0 Å². The van der Waals surface area contributed by atoms with Crippen molar-refractivity contribution in [2.45, 2.75) is 26.8 Å². The minimum absolute atomic E-state index is 0.339. The number of anilines is 1. The van der Waals surface area contributed by atoms with Gasteiger partial charge in [-0.05, 0) is 51.1 Å². The number of hydrogen-bond donors (Lipinski definition) is 1. The molecule has 0 radical (unpaired) electrons. The van der Waals surface area contributed by atoms with Crippen molar-refractivity contribution in [1.29, 1.82) is 0 Å². The molecule has 21 heavy (non-hydrogen) atoms. The highest BCUT2D eigenvalue weighted by Gasteiger charge is 2.14. The fraction of sp³-hybridized carbons (Fsp3) is 0.368. The topological polar surface area (TPSA) is 15.3 Å². The first kappa shape index (κ1) is 15.6. The monoisotopic (exact) mass is 282 g/mol. The Morgan fingerprint density at radius 2 is 1.71 bits per heavy atom. The lowest BCUT2D eigenvalue weighted by atomic mass is 10.0. The van der Waals surface area contributed by atoms with Crippen molar-refractivity contribution >= 4 is 5.69 Å². The molecule has 2 nitrogen and oxygen atoms in total. The van der Waals surface area contributed by atoms with E-state index >= 15 is 0 Å². The molecule has 112 valence electrons. The molecule has 1 N–H and O–H groups in total. The van der Waals surface area contributed by atoms with Gasteiger partial charge in [-0.2, -0.15) is 0 Å². The summed E-state index contributed by atoms with van der Waals surface area (Å²) in [6.45, 7) is 8.47. The lowest BCUT2D eigenvalue weighted by Gasteiger charge is -2.29. The predicted octanol–water partition coefficient (Wildman–Crippen LogP) is 4.09. The third kappa shape index (κ3) is 4.08. The van der Waals surface area contributed by atoms with Crippen LogP contribution in [0.1, 0.15) is 29.7 Å². The van der Waals surface area contributed by atoms with E-state index in [9.17, 15) is 0 Å². The number of hydrogen-bond acceptors (Lipinski definition) is 2. The van der Waals surface area contributed by atoms with Crippen LogP contribution in [0.4, 0.5) is 5.69 Å². The Kier molecular flexibility index (Phi) is 5.40. The van der Waals surface area contributed by atoms with Crippen molar-refractivity contribution in [2.75, 3.05) is 25.0 Å². The van der Waals surface area contributed by atoms with Crippen molar-refractivity contribution in [1.82, 2.24) is 5.32 Å². The lowest BCUT2D eigenvalue weighted by molar-refractivity contribution is 0.577. The van der Waals surface area contributed by atoms with E-state index in [2.05, 4.69) is 79.5 Å². The molecule has 0 aromatic heterocycles. The van der Waals surface area contributed by atoms with Crippen LogP contribution in [0.5, 0.6) is 0 Å². The van der Waals surface area contributed by atoms with Gasteiger partial charge >= 0.3 is 0 Å². The molecule has 0 aliphatic heterocycles. The van der Waals surface area contributed by atoms with E-state index in [4.69, 9.17) is 0 Å². The number of nitrogens with zero attached hydrogens (tertiary/aromatic N) is 1. The van der Waals surface area contributed by atoms with Crippen LogP contribution in [-0.2, 0) is 0 Å². The van der Waals surface area contributed by atoms with Crippen molar-refractivity contribution in [3.63, 3.8) is 0 Å². The normalized spacial score (nSPS) is 12.2. The molecule has 1 unspecified atom stereocenters. The van der Waals surface area contributed by atoms with Crippen molar-refractivity contribution < 1.29 is 0 Å². The van der Waals surface area contributed by atoms with E-state index in [-0.39, 0.29) is 0 Å². The van der Waals surface area contributed by atoms with Crippen LogP contribution in [0.2, 0.25) is 0 Å². The Morgan fingerprint density at radius 1 is 1.00 bits per heavy atom. The summed E-state index contributed by atoms with van der Waals surface area (Å²) in [5, 5.41) is 3.45. The van der Waals surface area contributed by atoms with Gasteiger partial charge in [0.25, 0.3) is 0 Å². The largest absolute Gasteiger partial charge is 0.370 e. The molecular formula is C19H26N2. The van der Waals surface area contributed by atoms with Gasteiger partial charge in [-0.15, -0.1) is 0 Å². The summed E-state index contributed by atoms with van der Waals surface area (Å²) in [4.78, 5) is 2.42. The minimum Gasteiger partial charge on any atom is -0.370 e. The molecule has 0 saturated heterocycles. The summed E-state index contributed by atoms with van der Waals surface area (Å²) >= 11 is 0. The summed E-state index contributed by atoms with van der Waals surface area (Å²) < 4.78 is 0. The SMILES string of the molecule is CCN(CC(NC)c1ccc(C)cc1)c1cccc(C)c1. The van der Waals surface area contributed by atoms with Gasteiger partial charge in [0.15, 0.2) is 0 Å². The fourth-order valence-corrected chi connectivity index (χ4v) is 2.62. The second kappa shape index (κ2) is 7.28. The third-order valence-electron chi connectivity index (χ3n) is 3.98. The average Bonchev–Trinajstić information content (AvgIpc) is 2.50. The molecule has 2 aromatic rings. The van der Waals surface area contributed by atoms with E-state index in [1.54, 1.807) is 0 Å². The van der Waals surface area contributed by atoms with Gasteiger partial charge < -0.3 is 10.2 Å². The Morgan fingerprint density at radius 3 is 2.29 bits per heavy atom. The van der Waals surface area contributed by atoms with Crippen LogP contribution in [0.3, 0.4) is 0 Å². The molecule has 1 atom stereocenters. The van der Waals surface area contributed by atoms with Crippen LogP contribution in [0, 0.1) is 13.8 Å². The van der Waals surface area contributed by atoms with Gasteiger partial charge in [0.1, 0.15) is 0 Å². The van der Waals surface area contributed by atoms with Crippen LogP contribution in [-0.4, -0.2) is 20.1 Å². The van der Waals surface area contributed by atoms with Crippen LogP contribution >= 0.6 is 0 Å². The standard InChI is InChI=1S/C19H26N2/c1-5-21(18-8-6-7-16(3)13-18)14-19(20-4)17-11-9-15(2)10-12-17/h6-13,19-20H,5,14H2,1-4H3. The molecule has 0 spiro atoms. The van der Waals surface area contributed by atoms with Gasteiger partial charge in [0.2, 0.25) is 0 Å². The molecule has 0 aliphatic carbocycles. The second-order valence-electron chi connectivity index (χ2n) is 5.63. The van der Waals surface area contributed by atoms with Gasteiger partial charge in [-0.3, -0.25) is 0 Å². The minimum atomic E-state index is 0.339. The Hall–Kier alpha value is -1.80. The van der Waals surface area contributed by atoms with Gasteiger partial charge in [-0.25, -0.2) is 0 Å². The first-order valence-corrected chi connectivity index (χ1v) is 7.69. The Balaban J connectivity index is 2.17. The van der Waals surface area contributed by atoms with Crippen molar-refractivity contribution in [2.24, 2.45) is 0 Å². The highest BCUT2D eigenvalue weighted by Crippen LogP contribution is 2.21.